The van der Waals surface area contributed by atoms with E-state index in [4.69, 9.17) is 9.47 Å². The summed E-state index contributed by atoms with van der Waals surface area (Å²) in [6.07, 6.45) is 0.772. The number of carbonyl (C=O) groups is 2. The van der Waals surface area contributed by atoms with E-state index in [0.717, 1.165) is 17.5 Å². The van der Waals surface area contributed by atoms with Gasteiger partial charge in [0.2, 0.25) is 0 Å². The van der Waals surface area contributed by atoms with Crippen molar-refractivity contribution in [2.24, 2.45) is 11.3 Å². The smallest absolute Gasteiger partial charge is 0.312 e. The second-order valence-corrected chi connectivity index (χ2v) is 8.36. The number of ketones is 1. The first-order valence-corrected chi connectivity index (χ1v) is 9.40. The third kappa shape index (κ3) is 2.71. The topological polar surface area (TPSA) is 52.6 Å². The minimum absolute atomic E-state index is 0.0254. The quantitative estimate of drug-likeness (QED) is 0.753. The first-order chi connectivity index (χ1) is 12.9. The van der Waals surface area contributed by atoms with Crippen LogP contribution in [0.4, 0.5) is 0 Å². The van der Waals surface area contributed by atoms with Gasteiger partial charge in [-0.1, -0.05) is 48.5 Å². The summed E-state index contributed by atoms with van der Waals surface area (Å²) in [4.78, 5) is 26.2. The van der Waals surface area contributed by atoms with Gasteiger partial charge >= 0.3 is 5.97 Å². The van der Waals surface area contributed by atoms with E-state index in [2.05, 4.69) is 0 Å². The molecule has 1 heterocycles. The number of fused-ring (bicyclic) bond motifs is 2. The molecule has 1 fully saturated rings. The Balaban J connectivity index is 2.01. The zero-order valence-electron chi connectivity index (χ0n) is 16.0. The minimum atomic E-state index is -1.01. The van der Waals surface area contributed by atoms with Gasteiger partial charge in [0.05, 0.1) is 12.0 Å². The molecule has 1 atom stereocenters. The molecule has 0 amide bonds. The Bertz CT molecular complexity index is 851. The van der Waals surface area contributed by atoms with Crippen molar-refractivity contribution in [1.82, 2.24) is 0 Å². The Morgan fingerprint density at radius 1 is 1.04 bits per heavy atom. The molecule has 0 saturated carbocycles. The van der Waals surface area contributed by atoms with Crippen LogP contribution >= 0.6 is 0 Å². The number of ether oxygens (including phenoxy) is 2. The van der Waals surface area contributed by atoms with Gasteiger partial charge in [0.15, 0.2) is 11.4 Å². The van der Waals surface area contributed by atoms with E-state index in [0.29, 0.717) is 24.3 Å². The van der Waals surface area contributed by atoms with Gasteiger partial charge in [-0.05, 0) is 27.2 Å². The van der Waals surface area contributed by atoms with Crippen molar-refractivity contribution in [2.75, 3.05) is 13.2 Å². The van der Waals surface area contributed by atoms with Gasteiger partial charge in [-0.2, -0.15) is 0 Å². The van der Waals surface area contributed by atoms with E-state index >= 15 is 0 Å². The molecule has 0 spiro atoms. The normalized spacial score (nSPS) is 20.7. The zero-order valence-corrected chi connectivity index (χ0v) is 16.0. The molecule has 140 valence electrons. The summed E-state index contributed by atoms with van der Waals surface area (Å²) in [7, 11) is 0. The van der Waals surface area contributed by atoms with Crippen molar-refractivity contribution in [3.05, 3.63) is 70.8 Å². The number of hydrogen-bond donors (Lipinski definition) is 0. The average Bonchev–Trinajstić information content (AvgIpc) is 3.19. The van der Waals surface area contributed by atoms with Crippen molar-refractivity contribution in [3.8, 4) is 0 Å². The highest BCUT2D eigenvalue weighted by Crippen LogP contribution is 2.50. The predicted octanol–water partition coefficient (Wildman–Crippen LogP) is 4.10. The van der Waals surface area contributed by atoms with E-state index in [9.17, 15) is 9.59 Å². The number of benzene rings is 2. The largest absolute Gasteiger partial charge is 0.448 e. The average molecular weight is 364 g/mol. The monoisotopic (exact) mass is 364 g/mol. The number of carbonyl (C=O) groups excluding carboxylic acids is 2. The highest BCUT2D eigenvalue weighted by molar-refractivity contribution is 6.13. The number of hydrogen-bond acceptors (Lipinski definition) is 4. The van der Waals surface area contributed by atoms with Gasteiger partial charge < -0.3 is 9.47 Å². The van der Waals surface area contributed by atoms with Crippen LogP contribution in [-0.4, -0.2) is 25.0 Å². The molecular formula is C23H24O4. The molecule has 1 saturated heterocycles. The summed E-state index contributed by atoms with van der Waals surface area (Å²) in [5, 5.41) is 0. The lowest BCUT2D eigenvalue weighted by molar-refractivity contribution is -0.172. The van der Waals surface area contributed by atoms with E-state index in [1.807, 2.05) is 69.3 Å². The molecule has 4 nitrogen and oxygen atoms in total. The van der Waals surface area contributed by atoms with Crippen LogP contribution < -0.4 is 0 Å². The van der Waals surface area contributed by atoms with Crippen molar-refractivity contribution in [3.63, 3.8) is 0 Å². The molecule has 2 aliphatic rings. The van der Waals surface area contributed by atoms with Gasteiger partial charge in [-0.3, -0.25) is 9.59 Å². The van der Waals surface area contributed by atoms with E-state index < -0.39 is 11.0 Å². The first-order valence-electron chi connectivity index (χ1n) is 9.40. The Kier molecular flexibility index (Phi) is 4.19. The molecule has 0 bridgehead atoms. The summed E-state index contributed by atoms with van der Waals surface area (Å²) in [5.41, 5.74) is 1.07. The lowest BCUT2D eigenvalue weighted by Gasteiger charge is -2.44. The predicted molar refractivity (Wildman–Crippen MR) is 102 cm³/mol. The van der Waals surface area contributed by atoms with Crippen LogP contribution in [0.15, 0.2) is 48.5 Å². The van der Waals surface area contributed by atoms with Gasteiger partial charge in [-0.15, -0.1) is 0 Å². The zero-order chi connectivity index (χ0) is 19.2. The van der Waals surface area contributed by atoms with Gasteiger partial charge in [0, 0.05) is 34.8 Å². The van der Waals surface area contributed by atoms with Crippen LogP contribution in [0.25, 0.3) is 0 Å². The maximum absolute atomic E-state index is 13.1. The second-order valence-electron chi connectivity index (χ2n) is 8.36. The van der Waals surface area contributed by atoms with Crippen LogP contribution in [0.2, 0.25) is 0 Å². The Hall–Kier alpha value is -2.46. The van der Waals surface area contributed by atoms with Crippen LogP contribution in [-0.2, 0) is 19.9 Å². The van der Waals surface area contributed by atoms with Gasteiger partial charge in [-0.25, -0.2) is 0 Å². The third-order valence-electron chi connectivity index (χ3n) is 5.51. The molecule has 27 heavy (non-hydrogen) atoms. The molecule has 4 rings (SSSR count). The summed E-state index contributed by atoms with van der Waals surface area (Å²) < 4.78 is 12.0. The molecule has 1 aliphatic carbocycles. The molecule has 4 heteroatoms. The maximum atomic E-state index is 13.1. The lowest BCUT2D eigenvalue weighted by atomic mass is 9.67. The molecular weight excluding hydrogens is 340 g/mol. The fourth-order valence-electron chi connectivity index (χ4n) is 4.09. The Morgan fingerprint density at radius 2 is 1.59 bits per heavy atom. The molecule has 2 aromatic carbocycles. The number of rotatable bonds is 2. The van der Waals surface area contributed by atoms with E-state index in [1.54, 1.807) is 0 Å². The highest BCUT2D eigenvalue weighted by Gasteiger charge is 2.53. The number of esters is 1. The summed E-state index contributed by atoms with van der Waals surface area (Å²) in [6.45, 7) is 6.66. The van der Waals surface area contributed by atoms with E-state index in [-0.39, 0.29) is 17.7 Å². The summed E-state index contributed by atoms with van der Waals surface area (Å²) in [5.74, 6) is -0.352. The van der Waals surface area contributed by atoms with Crippen LogP contribution in [0.5, 0.6) is 0 Å². The molecule has 2 aromatic rings. The second kappa shape index (κ2) is 6.31. The van der Waals surface area contributed by atoms with Gasteiger partial charge in [0.1, 0.15) is 0 Å². The molecule has 1 aliphatic heterocycles. The SMILES string of the molecule is CC(C)(C)C(=O)OC1(C2CCOC2)c2ccccc2C(=O)c2ccccc21. The van der Waals surface area contributed by atoms with Crippen LogP contribution in [0, 0.1) is 11.3 Å². The summed E-state index contributed by atoms with van der Waals surface area (Å²) in [6, 6.07) is 15.0. The maximum Gasteiger partial charge on any atom is 0.312 e. The Morgan fingerprint density at radius 3 is 2.07 bits per heavy atom. The Labute approximate surface area is 159 Å². The van der Waals surface area contributed by atoms with Crippen molar-refractivity contribution in [1.29, 1.82) is 0 Å². The van der Waals surface area contributed by atoms with Crippen molar-refractivity contribution in [2.45, 2.75) is 32.8 Å². The highest BCUT2D eigenvalue weighted by atomic mass is 16.6. The molecule has 0 radical (unpaired) electrons. The lowest BCUT2D eigenvalue weighted by Crippen LogP contribution is -2.47. The molecule has 0 N–H and O–H groups in total. The third-order valence-corrected chi connectivity index (χ3v) is 5.51. The molecule has 1 unspecified atom stereocenters. The van der Waals surface area contributed by atoms with Gasteiger partial charge in [0.25, 0.3) is 0 Å². The van der Waals surface area contributed by atoms with E-state index in [1.165, 1.54) is 0 Å². The first kappa shape index (κ1) is 17.9. The summed E-state index contributed by atoms with van der Waals surface area (Å²) >= 11 is 0. The van der Waals surface area contributed by atoms with Crippen LogP contribution in [0.1, 0.15) is 54.2 Å². The van der Waals surface area contributed by atoms with Crippen molar-refractivity contribution >= 4 is 11.8 Å². The fraction of sp³-hybridized carbons (Fsp3) is 0.391. The van der Waals surface area contributed by atoms with Crippen LogP contribution in [0.3, 0.4) is 0 Å². The molecule has 0 aromatic heterocycles. The van der Waals surface area contributed by atoms with Crippen molar-refractivity contribution < 1.29 is 19.1 Å². The standard InChI is InChI=1S/C23H24O4/c1-22(2,3)21(25)27-23(15-12-13-26-14-15)18-10-6-4-8-16(18)20(24)17-9-5-7-11-19(17)23/h4-11,15H,12-14H2,1-3H3. The minimum Gasteiger partial charge on any atom is -0.448 e. The fourth-order valence-corrected chi connectivity index (χ4v) is 4.09.